The van der Waals surface area contributed by atoms with Crippen molar-refractivity contribution in [2.24, 2.45) is 29.4 Å². The largest absolute Gasteiger partial charge is 0.379 e. The summed E-state index contributed by atoms with van der Waals surface area (Å²) in [6.07, 6.45) is 2.15. The minimum Gasteiger partial charge on any atom is -0.379 e. The van der Waals surface area contributed by atoms with Crippen LogP contribution in [0.5, 0.6) is 0 Å². The molecule has 0 aliphatic carbocycles. The van der Waals surface area contributed by atoms with Crippen molar-refractivity contribution in [3.05, 3.63) is 35.9 Å². The summed E-state index contributed by atoms with van der Waals surface area (Å²) in [5, 5.41) is 5.94. The molecule has 1 aromatic carbocycles. The quantitative estimate of drug-likeness (QED) is 0.150. The van der Waals surface area contributed by atoms with E-state index in [1.807, 2.05) is 108 Å². The number of benzene rings is 1. The summed E-state index contributed by atoms with van der Waals surface area (Å²) in [5.74, 6) is -0.841. The van der Waals surface area contributed by atoms with E-state index in [0.717, 1.165) is 18.4 Å². The standard InChI is InChI=1S/C37H63N5O6.C7H16N2O/c1-11-26(4)34(41(8)32(43)22-25(2)3)31(47-9)24-33(44)42-20-15-18-30(42)35(48-10)27(5)36(45)39-29(23-28-16-13-12-14-17-28)37(46)38-19-21-40(6)7;1-5(2)6(7(8)10)9(3)4/h12-14,16-17,25-27,29-31,34-35H,11,15,18-24H2,1-10H3,(H,38,46)(H,39,45);5-6H,1-4H3,(H2,8,10). The minimum atomic E-state index is -0.765. The van der Waals surface area contributed by atoms with Crippen molar-refractivity contribution in [1.29, 1.82) is 0 Å². The van der Waals surface area contributed by atoms with Gasteiger partial charge in [-0.3, -0.25) is 28.9 Å². The number of likely N-dealkylation sites (tertiary alicyclic amines) is 1. The molecule has 0 bridgehead atoms. The number of methoxy groups -OCH3 is 2. The fraction of sp³-hybridized carbons (Fsp3) is 0.750. The van der Waals surface area contributed by atoms with Crippen molar-refractivity contribution in [3.8, 4) is 0 Å². The molecule has 2 rings (SSSR count). The second-order valence-corrected chi connectivity index (χ2v) is 17.1. The SMILES string of the molecule is CC(C)C(C(N)=O)N(C)C.CCC(C)C(C(CC(=O)N1CCCC1C(OC)C(C)C(=O)NC(Cc1ccccc1)C(=O)NCCN(C)C)OC)N(C)C(=O)CC(C)C. The lowest BCUT2D eigenvalue weighted by Crippen LogP contribution is -2.55. The van der Waals surface area contributed by atoms with Gasteiger partial charge in [-0.2, -0.15) is 0 Å². The van der Waals surface area contributed by atoms with Crippen molar-refractivity contribution in [2.45, 2.75) is 123 Å². The maximum absolute atomic E-state index is 14.0. The number of amides is 5. The van der Waals surface area contributed by atoms with Gasteiger partial charge in [0.2, 0.25) is 29.5 Å². The van der Waals surface area contributed by atoms with Crippen molar-refractivity contribution in [2.75, 3.05) is 69.1 Å². The van der Waals surface area contributed by atoms with Crippen molar-refractivity contribution >= 4 is 29.5 Å². The monoisotopic (exact) mass is 818 g/mol. The van der Waals surface area contributed by atoms with Gasteiger partial charge in [0.1, 0.15) is 6.04 Å². The molecule has 0 radical (unpaired) electrons. The number of hydrogen-bond donors (Lipinski definition) is 3. The summed E-state index contributed by atoms with van der Waals surface area (Å²) in [6, 6.07) is 8.13. The van der Waals surface area contributed by atoms with Gasteiger partial charge in [0.05, 0.1) is 42.7 Å². The molecule has 1 aliphatic heterocycles. The molecule has 8 atom stereocenters. The third-order valence-corrected chi connectivity index (χ3v) is 11.1. The number of ether oxygens (including phenoxy) is 2. The first-order valence-electron chi connectivity index (χ1n) is 21.0. The third kappa shape index (κ3) is 16.9. The number of primary amides is 1. The molecule has 332 valence electrons. The predicted octanol–water partition coefficient (Wildman–Crippen LogP) is 3.42. The zero-order valence-corrected chi connectivity index (χ0v) is 38.2. The van der Waals surface area contributed by atoms with Crippen LogP contribution in [0.15, 0.2) is 30.3 Å². The molecular formula is C44H79N7O7. The lowest BCUT2D eigenvalue weighted by Gasteiger charge is -2.39. The summed E-state index contributed by atoms with van der Waals surface area (Å²) < 4.78 is 11.9. The Labute approximate surface area is 350 Å². The van der Waals surface area contributed by atoms with Crippen molar-refractivity contribution in [3.63, 3.8) is 0 Å². The summed E-state index contributed by atoms with van der Waals surface area (Å²) in [4.78, 5) is 72.3. The molecule has 14 heteroatoms. The van der Waals surface area contributed by atoms with Gasteiger partial charge in [-0.1, -0.05) is 85.2 Å². The average Bonchev–Trinajstić information content (AvgIpc) is 3.63. The first kappa shape index (κ1) is 52.4. The Morgan fingerprint density at radius 3 is 1.98 bits per heavy atom. The van der Waals surface area contributed by atoms with E-state index in [1.165, 1.54) is 0 Å². The van der Waals surface area contributed by atoms with Gasteiger partial charge in [-0.05, 0) is 64.3 Å². The van der Waals surface area contributed by atoms with Crippen molar-refractivity contribution in [1.82, 2.24) is 30.2 Å². The average molecular weight is 818 g/mol. The van der Waals surface area contributed by atoms with Crippen LogP contribution in [0.2, 0.25) is 0 Å². The highest BCUT2D eigenvalue weighted by atomic mass is 16.5. The number of nitrogens with one attached hydrogen (secondary N) is 2. The fourth-order valence-corrected chi connectivity index (χ4v) is 7.89. The van der Waals surface area contributed by atoms with Gasteiger partial charge in [-0.15, -0.1) is 0 Å². The van der Waals surface area contributed by atoms with Crippen LogP contribution in [0.4, 0.5) is 0 Å². The molecule has 1 fully saturated rings. The molecule has 5 amide bonds. The highest BCUT2D eigenvalue weighted by molar-refractivity contribution is 5.89. The highest BCUT2D eigenvalue weighted by Gasteiger charge is 2.42. The van der Waals surface area contributed by atoms with Crippen LogP contribution in [0.3, 0.4) is 0 Å². The Morgan fingerprint density at radius 2 is 1.52 bits per heavy atom. The zero-order chi connectivity index (χ0) is 44.3. The number of carbonyl (C=O) groups is 5. The lowest BCUT2D eigenvalue weighted by atomic mass is 9.90. The van der Waals surface area contributed by atoms with Gasteiger partial charge in [-0.25, -0.2) is 0 Å². The van der Waals surface area contributed by atoms with E-state index in [-0.39, 0.29) is 71.8 Å². The molecule has 58 heavy (non-hydrogen) atoms. The number of likely N-dealkylation sites (N-methyl/N-ethyl adjacent to an activating group) is 3. The summed E-state index contributed by atoms with van der Waals surface area (Å²) in [6.45, 7) is 15.7. The number of rotatable bonds is 23. The van der Waals surface area contributed by atoms with E-state index < -0.39 is 24.2 Å². The molecule has 4 N–H and O–H groups in total. The fourth-order valence-electron chi connectivity index (χ4n) is 7.89. The zero-order valence-electron chi connectivity index (χ0n) is 38.2. The predicted molar refractivity (Wildman–Crippen MR) is 231 cm³/mol. The Hall–Kier alpha value is -3.59. The second-order valence-electron chi connectivity index (χ2n) is 17.1. The van der Waals surface area contributed by atoms with Crippen LogP contribution >= 0.6 is 0 Å². The van der Waals surface area contributed by atoms with Crippen LogP contribution in [-0.2, 0) is 39.9 Å². The molecular weight excluding hydrogens is 739 g/mol. The molecule has 0 aromatic heterocycles. The maximum atomic E-state index is 14.0. The topological polar surface area (TPSA) is 167 Å². The lowest BCUT2D eigenvalue weighted by molar-refractivity contribution is -0.146. The third-order valence-electron chi connectivity index (χ3n) is 11.1. The molecule has 1 saturated heterocycles. The molecule has 0 saturated carbocycles. The van der Waals surface area contributed by atoms with Gasteiger partial charge in [0.25, 0.3) is 0 Å². The van der Waals surface area contributed by atoms with Crippen LogP contribution in [0, 0.1) is 23.7 Å². The van der Waals surface area contributed by atoms with E-state index in [0.29, 0.717) is 38.9 Å². The minimum absolute atomic E-state index is 0.0417. The highest BCUT2D eigenvalue weighted by Crippen LogP contribution is 2.29. The smallest absolute Gasteiger partial charge is 0.242 e. The Balaban J connectivity index is 0.00000148. The summed E-state index contributed by atoms with van der Waals surface area (Å²) in [7, 11) is 12.6. The first-order chi connectivity index (χ1) is 27.2. The van der Waals surface area contributed by atoms with Gasteiger partial charge in [0, 0.05) is 53.7 Å². The molecule has 14 nitrogen and oxygen atoms in total. The van der Waals surface area contributed by atoms with E-state index in [1.54, 1.807) is 26.0 Å². The van der Waals surface area contributed by atoms with Crippen molar-refractivity contribution < 1.29 is 33.4 Å². The Bertz CT molecular complexity index is 1390. The van der Waals surface area contributed by atoms with E-state index in [4.69, 9.17) is 15.2 Å². The number of nitrogens with zero attached hydrogens (tertiary/aromatic N) is 4. The van der Waals surface area contributed by atoms with Crippen LogP contribution in [-0.4, -0.2) is 155 Å². The van der Waals surface area contributed by atoms with Crippen LogP contribution < -0.4 is 16.4 Å². The second kappa shape index (κ2) is 26.5. The van der Waals surface area contributed by atoms with Gasteiger partial charge in [0.15, 0.2) is 0 Å². The maximum Gasteiger partial charge on any atom is 0.242 e. The number of nitrogens with two attached hydrogens (primary N) is 1. The van der Waals surface area contributed by atoms with E-state index >= 15 is 0 Å². The Kier molecular flexibility index (Phi) is 24.0. The normalized spacial score (nSPS) is 17.8. The van der Waals surface area contributed by atoms with Crippen LogP contribution in [0.25, 0.3) is 0 Å². The van der Waals surface area contributed by atoms with Crippen LogP contribution in [0.1, 0.15) is 86.1 Å². The summed E-state index contributed by atoms with van der Waals surface area (Å²) in [5.41, 5.74) is 6.10. The van der Waals surface area contributed by atoms with Gasteiger partial charge < -0.3 is 40.5 Å². The van der Waals surface area contributed by atoms with E-state index in [9.17, 15) is 24.0 Å². The molecule has 1 heterocycles. The number of hydrogen-bond acceptors (Lipinski definition) is 9. The molecule has 8 unspecified atom stereocenters. The Morgan fingerprint density at radius 1 is 0.897 bits per heavy atom. The summed E-state index contributed by atoms with van der Waals surface area (Å²) >= 11 is 0. The molecule has 0 spiro atoms. The van der Waals surface area contributed by atoms with Gasteiger partial charge >= 0.3 is 0 Å². The molecule has 1 aliphatic rings. The van der Waals surface area contributed by atoms with E-state index in [2.05, 4.69) is 24.5 Å². The molecule has 1 aromatic rings. The number of carbonyl (C=O) groups excluding carboxylic acids is 5. The first-order valence-corrected chi connectivity index (χ1v) is 21.0.